The summed E-state index contributed by atoms with van der Waals surface area (Å²) in [5, 5.41) is 8.29. The van der Waals surface area contributed by atoms with Crippen LogP contribution in [0.5, 0.6) is 0 Å². The van der Waals surface area contributed by atoms with Gasteiger partial charge in [-0.1, -0.05) is 20.8 Å². The van der Waals surface area contributed by atoms with Crippen molar-refractivity contribution in [2.24, 2.45) is 11.1 Å². The molecule has 0 unspecified atom stereocenters. The summed E-state index contributed by atoms with van der Waals surface area (Å²) in [5.41, 5.74) is 6.24. The Kier molecular flexibility index (Phi) is 2.95. The molecule has 0 aromatic rings. The second-order valence-corrected chi connectivity index (χ2v) is 2.97. The molecule has 0 amide bonds. The molecule has 0 saturated carbocycles. The van der Waals surface area contributed by atoms with Crippen LogP contribution in [0, 0.1) is 16.7 Å². The summed E-state index contributed by atoms with van der Waals surface area (Å²) in [7, 11) is 0. The zero-order valence-corrected chi connectivity index (χ0v) is 6.81. The van der Waals surface area contributed by atoms with Gasteiger partial charge >= 0.3 is 0 Å². The number of nitrogens with two attached hydrogens (primary N) is 1. The van der Waals surface area contributed by atoms with Crippen LogP contribution in [0.4, 0.5) is 0 Å². The molecule has 0 fully saturated rings. The first-order chi connectivity index (χ1) is 4.54. The maximum absolute atomic E-state index is 8.29. The summed E-state index contributed by atoms with van der Waals surface area (Å²) in [4.78, 5) is 0. The van der Waals surface area contributed by atoms with E-state index in [1.165, 1.54) is 6.08 Å². The molecule has 0 radical (unpaired) electrons. The van der Waals surface area contributed by atoms with Gasteiger partial charge in [-0.3, -0.25) is 0 Å². The molecule has 0 heterocycles. The number of hydrogen-bond donors (Lipinski definition) is 1. The van der Waals surface area contributed by atoms with Gasteiger partial charge in [-0.25, -0.2) is 0 Å². The van der Waals surface area contributed by atoms with Gasteiger partial charge in [-0.05, 0) is 6.42 Å². The molecule has 0 aliphatic rings. The zero-order chi connectivity index (χ0) is 8.20. The van der Waals surface area contributed by atoms with Crippen molar-refractivity contribution in [2.75, 3.05) is 0 Å². The number of nitriles is 1. The van der Waals surface area contributed by atoms with Crippen LogP contribution in [0.2, 0.25) is 0 Å². The lowest BCUT2D eigenvalue weighted by Gasteiger charge is -2.21. The molecule has 0 aromatic heterocycles. The van der Waals surface area contributed by atoms with Crippen LogP contribution in [0.15, 0.2) is 11.8 Å². The predicted octanol–water partition coefficient (Wildman–Crippen LogP) is 1.79. The van der Waals surface area contributed by atoms with Gasteiger partial charge in [0.1, 0.15) is 0 Å². The van der Waals surface area contributed by atoms with Crippen molar-refractivity contribution >= 4 is 0 Å². The van der Waals surface area contributed by atoms with E-state index in [2.05, 4.69) is 6.92 Å². The topological polar surface area (TPSA) is 49.8 Å². The van der Waals surface area contributed by atoms with E-state index in [0.29, 0.717) is 5.70 Å². The van der Waals surface area contributed by atoms with Crippen molar-refractivity contribution in [1.29, 1.82) is 5.26 Å². The van der Waals surface area contributed by atoms with E-state index >= 15 is 0 Å². The van der Waals surface area contributed by atoms with E-state index in [4.69, 9.17) is 11.0 Å². The molecular weight excluding hydrogens is 124 g/mol. The van der Waals surface area contributed by atoms with E-state index in [1.807, 2.05) is 19.9 Å². The molecule has 0 atom stereocenters. The van der Waals surface area contributed by atoms with Gasteiger partial charge < -0.3 is 5.73 Å². The molecule has 56 valence electrons. The molecule has 0 aromatic carbocycles. The van der Waals surface area contributed by atoms with Crippen LogP contribution in [0.25, 0.3) is 0 Å². The lowest BCUT2D eigenvalue weighted by Crippen LogP contribution is -2.19. The second kappa shape index (κ2) is 3.26. The largest absolute Gasteiger partial charge is 0.401 e. The van der Waals surface area contributed by atoms with Crippen LogP contribution >= 0.6 is 0 Å². The Labute approximate surface area is 62.3 Å². The van der Waals surface area contributed by atoms with Gasteiger partial charge in [0.05, 0.1) is 6.07 Å². The highest BCUT2D eigenvalue weighted by Gasteiger charge is 2.17. The minimum Gasteiger partial charge on any atom is -0.401 e. The van der Waals surface area contributed by atoms with Gasteiger partial charge in [0, 0.05) is 17.2 Å². The Balaban J connectivity index is 4.35. The van der Waals surface area contributed by atoms with E-state index in [0.717, 1.165) is 6.42 Å². The first-order valence-corrected chi connectivity index (χ1v) is 3.40. The summed E-state index contributed by atoms with van der Waals surface area (Å²) in [5.74, 6) is 0. The van der Waals surface area contributed by atoms with Crippen LogP contribution < -0.4 is 5.73 Å². The van der Waals surface area contributed by atoms with Gasteiger partial charge in [-0.15, -0.1) is 0 Å². The normalized spacial score (nSPS) is 12.8. The Morgan fingerprint density at radius 3 is 2.50 bits per heavy atom. The van der Waals surface area contributed by atoms with Crippen molar-refractivity contribution < 1.29 is 0 Å². The number of rotatable bonds is 2. The van der Waals surface area contributed by atoms with Crippen LogP contribution in [-0.4, -0.2) is 0 Å². The van der Waals surface area contributed by atoms with Crippen molar-refractivity contribution in [3.63, 3.8) is 0 Å². The van der Waals surface area contributed by atoms with E-state index in [1.54, 1.807) is 0 Å². The number of hydrogen-bond acceptors (Lipinski definition) is 2. The van der Waals surface area contributed by atoms with Crippen molar-refractivity contribution in [3.8, 4) is 6.07 Å². The SMILES string of the molecule is CCC(C)(C)C(N)=CC#N. The molecule has 0 saturated heterocycles. The number of nitrogens with zero attached hydrogens (tertiary/aromatic N) is 1. The second-order valence-electron chi connectivity index (χ2n) is 2.97. The fourth-order valence-electron chi connectivity index (χ4n) is 0.469. The smallest absolute Gasteiger partial charge is 0.0930 e. The summed E-state index contributed by atoms with van der Waals surface area (Å²) < 4.78 is 0. The predicted molar refractivity (Wildman–Crippen MR) is 42.0 cm³/mol. The third-order valence-electron chi connectivity index (χ3n) is 1.89. The summed E-state index contributed by atoms with van der Waals surface area (Å²) >= 11 is 0. The summed E-state index contributed by atoms with van der Waals surface area (Å²) in [6, 6.07) is 1.92. The zero-order valence-electron chi connectivity index (χ0n) is 6.81. The lowest BCUT2D eigenvalue weighted by molar-refractivity contribution is 0.424. The van der Waals surface area contributed by atoms with Gasteiger partial charge in [0.25, 0.3) is 0 Å². The number of allylic oxidation sites excluding steroid dienone is 2. The van der Waals surface area contributed by atoms with Crippen LogP contribution in [0.3, 0.4) is 0 Å². The van der Waals surface area contributed by atoms with E-state index in [9.17, 15) is 0 Å². The molecule has 2 N–H and O–H groups in total. The van der Waals surface area contributed by atoms with E-state index < -0.39 is 0 Å². The molecule has 2 heteroatoms. The highest BCUT2D eigenvalue weighted by molar-refractivity contribution is 5.16. The van der Waals surface area contributed by atoms with Gasteiger partial charge in [-0.2, -0.15) is 5.26 Å². The van der Waals surface area contributed by atoms with Crippen molar-refractivity contribution in [3.05, 3.63) is 11.8 Å². The first kappa shape index (κ1) is 9.03. The molecule has 0 rings (SSSR count). The van der Waals surface area contributed by atoms with Crippen LogP contribution in [0.1, 0.15) is 27.2 Å². The lowest BCUT2D eigenvalue weighted by atomic mass is 9.86. The monoisotopic (exact) mass is 138 g/mol. The fraction of sp³-hybridized carbons (Fsp3) is 0.625. The minimum atomic E-state index is -0.0320. The minimum absolute atomic E-state index is 0.0320. The third-order valence-corrected chi connectivity index (χ3v) is 1.89. The quantitative estimate of drug-likeness (QED) is 0.591. The highest BCUT2D eigenvalue weighted by Crippen LogP contribution is 2.25. The molecule has 10 heavy (non-hydrogen) atoms. The van der Waals surface area contributed by atoms with Crippen molar-refractivity contribution in [1.82, 2.24) is 0 Å². The fourth-order valence-corrected chi connectivity index (χ4v) is 0.469. The van der Waals surface area contributed by atoms with Crippen LogP contribution in [-0.2, 0) is 0 Å². The van der Waals surface area contributed by atoms with Gasteiger partial charge in [0.15, 0.2) is 0 Å². The summed E-state index contributed by atoms with van der Waals surface area (Å²) in [6.07, 6.45) is 2.36. The Morgan fingerprint density at radius 2 is 2.20 bits per heavy atom. The molecule has 2 nitrogen and oxygen atoms in total. The maximum atomic E-state index is 8.29. The summed E-state index contributed by atoms with van der Waals surface area (Å²) in [6.45, 7) is 6.10. The molecule has 0 aliphatic heterocycles. The average Bonchev–Trinajstić information content (AvgIpc) is 1.89. The molecule has 0 bridgehead atoms. The molecule has 0 aliphatic carbocycles. The third kappa shape index (κ3) is 2.10. The first-order valence-electron chi connectivity index (χ1n) is 3.40. The average molecular weight is 138 g/mol. The Hall–Kier alpha value is -0.970. The standard InChI is InChI=1S/C8H14N2/c1-4-8(2,3)7(10)5-6-9/h5H,4,10H2,1-3H3. The highest BCUT2D eigenvalue weighted by atomic mass is 14.6. The molecular formula is C8H14N2. The Bertz CT molecular complexity index is 172. The molecule has 0 spiro atoms. The van der Waals surface area contributed by atoms with E-state index in [-0.39, 0.29) is 5.41 Å². The van der Waals surface area contributed by atoms with Gasteiger partial charge in [0.2, 0.25) is 0 Å². The van der Waals surface area contributed by atoms with Crippen molar-refractivity contribution in [2.45, 2.75) is 27.2 Å². The Morgan fingerprint density at radius 1 is 1.70 bits per heavy atom. The maximum Gasteiger partial charge on any atom is 0.0930 e.